The van der Waals surface area contributed by atoms with E-state index in [0.29, 0.717) is 46.1 Å². The maximum atomic E-state index is 14.4. The summed E-state index contributed by atoms with van der Waals surface area (Å²) in [4.78, 5) is 15.8. The lowest BCUT2D eigenvalue weighted by molar-refractivity contribution is -0.117. The summed E-state index contributed by atoms with van der Waals surface area (Å²) in [5.41, 5.74) is 5.41. The molecule has 2 aromatic rings. The third kappa shape index (κ3) is 7.26. The summed E-state index contributed by atoms with van der Waals surface area (Å²) in [6.07, 6.45) is 5.28. The first kappa shape index (κ1) is 32.6. The molecule has 4 rings (SSSR count). The van der Waals surface area contributed by atoms with Crippen molar-refractivity contribution in [2.75, 3.05) is 24.6 Å². The number of benzene rings is 2. The molecule has 0 saturated heterocycles. The van der Waals surface area contributed by atoms with Gasteiger partial charge in [0.25, 0.3) is 0 Å². The molecule has 0 radical (unpaired) electrons. The lowest BCUT2D eigenvalue weighted by Crippen LogP contribution is -2.34. The average molecular weight is 653 g/mol. The van der Waals surface area contributed by atoms with Gasteiger partial charge in [0.15, 0.2) is 17.3 Å². The van der Waals surface area contributed by atoms with Crippen LogP contribution in [-0.2, 0) is 11.4 Å². The summed E-state index contributed by atoms with van der Waals surface area (Å²) in [6, 6.07) is 11.0. The Balaban J connectivity index is 1.73. The van der Waals surface area contributed by atoms with Crippen molar-refractivity contribution < 1.29 is 18.7 Å². The average Bonchev–Trinajstić information content (AvgIpc) is 2.96. The Morgan fingerprint density at radius 3 is 2.47 bits per heavy atom. The van der Waals surface area contributed by atoms with E-state index in [-0.39, 0.29) is 18.2 Å². The van der Waals surface area contributed by atoms with Gasteiger partial charge in [-0.15, -0.1) is 0 Å². The Labute approximate surface area is 264 Å². The molecule has 1 aliphatic carbocycles. The van der Waals surface area contributed by atoms with Gasteiger partial charge in [0.05, 0.1) is 28.6 Å². The second kappa shape index (κ2) is 14.9. The Hall–Kier alpha value is -3.31. The maximum Gasteiger partial charge on any atom is 0.175 e. The summed E-state index contributed by atoms with van der Waals surface area (Å²) in [5, 5.41) is 13.6. The Kier molecular flexibility index (Phi) is 11.3. The van der Waals surface area contributed by atoms with Crippen LogP contribution in [0.1, 0.15) is 90.2 Å². The van der Waals surface area contributed by atoms with Crippen LogP contribution in [0.4, 0.5) is 10.1 Å². The number of nitrogens with zero attached hydrogens (tertiary/aromatic N) is 2. The van der Waals surface area contributed by atoms with Crippen LogP contribution in [0.25, 0.3) is 0 Å². The molecule has 230 valence electrons. The zero-order valence-electron chi connectivity index (χ0n) is 26.0. The molecule has 1 aliphatic heterocycles. The van der Waals surface area contributed by atoms with Crippen molar-refractivity contribution in [3.63, 3.8) is 0 Å². The van der Waals surface area contributed by atoms with Crippen molar-refractivity contribution >= 4 is 27.4 Å². The van der Waals surface area contributed by atoms with Crippen molar-refractivity contribution in [2.45, 2.75) is 85.7 Å². The molecule has 0 fully saturated rings. The summed E-state index contributed by atoms with van der Waals surface area (Å²) < 4.78 is 27.5. The van der Waals surface area contributed by atoms with Gasteiger partial charge in [-0.25, -0.2) is 4.39 Å². The Morgan fingerprint density at radius 1 is 1.07 bits per heavy atom. The highest BCUT2D eigenvalue weighted by atomic mass is 79.9. The molecule has 0 saturated carbocycles. The first-order chi connectivity index (χ1) is 20.8. The van der Waals surface area contributed by atoms with Gasteiger partial charge < -0.3 is 19.7 Å². The maximum absolute atomic E-state index is 14.4. The normalized spacial score (nSPS) is 18.2. The number of halogens is 2. The molecule has 43 heavy (non-hydrogen) atoms. The van der Waals surface area contributed by atoms with Crippen LogP contribution < -0.4 is 19.7 Å². The van der Waals surface area contributed by atoms with Crippen LogP contribution in [0, 0.1) is 23.1 Å². The number of ether oxygens (including phenoxy) is 2. The smallest absolute Gasteiger partial charge is 0.175 e. The van der Waals surface area contributed by atoms with Gasteiger partial charge >= 0.3 is 0 Å². The van der Waals surface area contributed by atoms with Crippen LogP contribution in [0.15, 0.2) is 57.3 Å². The van der Waals surface area contributed by atoms with Crippen LogP contribution in [0.5, 0.6) is 11.5 Å². The van der Waals surface area contributed by atoms with Crippen molar-refractivity contribution in [2.24, 2.45) is 5.92 Å². The number of anilines is 1. The second-order valence-electron chi connectivity index (χ2n) is 11.4. The monoisotopic (exact) mass is 651 g/mol. The number of hydrogen-bond donors (Lipinski definition) is 1. The molecule has 1 heterocycles. The zero-order valence-corrected chi connectivity index (χ0v) is 27.6. The van der Waals surface area contributed by atoms with Crippen LogP contribution >= 0.6 is 15.9 Å². The summed E-state index contributed by atoms with van der Waals surface area (Å²) in [7, 11) is 0. The largest absolute Gasteiger partial charge is 0.490 e. The number of nitriles is 1. The van der Waals surface area contributed by atoms with E-state index in [2.05, 4.69) is 53.0 Å². The fraction of sp³-hybridized carbons (Fsp3) is 0.486. The van der Waals surface area contributed by atoms with Crippen LogP contribution in [-0.4, -0.2) is 25.5 Å². The van der Waals surface area contributed by atoms with E-state index in [1.807, 2.05) is 32.0 Å². The number of nitrogens with one attached hydrogen (secondary N) is 1. The first-order valence-corrected chi connectivity index (χ1v) is 16.3. The lowest BCUT2D eigenvalue weighted by Gasteiger charge is -2.35. The summed E-state index contributed by atoms with van der Waals surface area (Å²) in [6.45, 7) is 12.5. The predicted molar refractivity (Wildman–Crippen MR) is 173 cm³/mol. The number of allylic oxidation sites excluding steroid dienone is 4. The molecule has 0 amide bonds. The quantitative estimate of drug-likeness (QED) is 0.233. The minimum atomic E-state index is -0.493. The predicted octanol–water partition coefficient (Wildman–Crippen LogP) is 8.71. The van der Waals surface area contributed by atoms with E-state index in [9.17, 15) is 14.4 Å². The highest BCUT2D eigenvalue weighted by Gasteiger charge is 2.39. The minimum Gasteiger partial charge on any atom is -0.490 e. The fourth-order valence-electron chi connectivity index (χ4n) is 6.39. The molecule has 0 aromatic heterocycles. The van der Waals surface area contributed by atoms with E-state index in [1.165, 1.54) is 12.1 Å². The van der Waals surface area contributed by atoms with E-state index in [4.69, 9.17) is 9.47 Å². The van der Waals surface area contributed by atoms with E-state index < -0.39 is 5.92 Å². The van der Waals surface area contributed by atoms with E-state index in [0.717, 1.165) is 73.4 Å². The standard InChI is InChI=1S/C35H43BrFN3O3/c1-6-10-23-15-29-34(31(41)16-23)33(27(20-38)22(5)39-29)24-18-28(36)35(32(19-24)42-9-4)43-21-25-17-26(37)11-12-30(25)40(13-7-2)14-8-3/h11-12,17-19,23,33,39H,6-10,13-16,21H2,1-5H3. The molecule has 0 bridgehead atoms. The highest BCUT2D eigenvalue weighted by molar-refractivity contribution is 9.10. The van der Waals surface area contributed by atoms with Gasteiger partial charge in [0, 0.05) is 47.7 Å². The lowest BCUT2D eigenvalue weighted by atomic mass is 9.72. The van der Waals surface area contributed by atoms with Gasteiger partial charge in [-0.1, -0.05) is 27.2 Å². The third-order valence-electron chi connectivity index (χ3n) is 8.14. The molecule has 1 N–H and O–H groups in total. The van der Waals surface area contributed by atoms with Crippen LogP contribution in [0.2, 0.25) is 0 Å². The van der Waals surface area contributed by atoms with Crippen molar-refractivity contribution in [1.82, 2.24) is 5.32 Å². The highest BCUT2D eigenvalue weighted by Crippen LogP contribution is 2.47. The summed E-state index contributed by atoms with van der Waals surface area (Å²) in [5.74, 6) is 0.599. The van der Waals surface area contributed by atoms with Crippen molar-refractivity contribution in [3.05, 3.63) is 74.3 Å². The zero-order chi connectivity index (χ0) is 31.1. The first-order valence-electron chi connectivity index (χ1n) is 15.5. The van der Waals surface area contributed by atoms with Crippen molar-refractivity contribution in [1.29, 1.82) is 5.26 Å². The van der Waals surface area contributed by atoms with Gasteiger partial charge in [-0.2, -0.15) is 5.26 Å². The van der Waals surface area contributed by atoms with E-state index in [1.54, 1.807) is 0 Å². The number of Topliss-reactive ketones (excluding diaryl/α,β-unsaturated/α-hetero) is 1. The topological polar surface area (TPSA) is 74.6 Å². The van der Waals surface area contributed by atoms with E-state index >= 15 is 0 Å². The Bertz CT molecular complexity index is 1440. The third-order valence-corrected chi connectivity index (χ3v) is 8.72. The molecule has 2 unspecified atom stereocenters. The fourth-order valence-corrected chi connectivity index (χ4v) is 6.97. The summed E-state index contributed by atoms with van der Waals surface area (Å²) >= 11 is 3.70. The van der Waals surface area contributed by atoms with Gasteiger partial charge in [-0.3, -0.25) is 4.79 Å². The number of ketones is 1. The number of carbonyl (C=O) groups excluding carboxylic acids is 1. The number of carbonyl (C=O) groups is 1. The number of hydrogen-bond acceptors (Lipinski definition) is 6. The van der Waals surface area contributed by atoms with Crippen molar-refractivity contribution in [3.8, 4) is 17.6 Å². The molecule has 8 heteroatoms. The SMILES string of the molecule is CCCC1CC(=O)C2=C(C1)NC(C)=C(C#N)C2c1cc(Br)c(OCc2cc(F)ccc2N(CCC)CCC)c(OCC)c1. The minimum absolute atomic E-state index is 0.0919. The molecular weight excluding hydrogens is 609 g/mol. The second-order valence-corrected chi connectivity index (χ2v) is 12.3. The molecule has 0 spiro atoms. The van der Waals surface area contributed by atoms with Gasteiger partial charge in [0.2, 0.25) is 0 Å². The molecule has 2 atom stereocenters. The van der Waals surface area contributed by atoms with Gasteiger partial charge in [0.1, 0.15) is 12.4 Å². The Morgan fingerprint density at radius 2 is 1.81 bits per heavy atom. The van der Waals surface area contributed by atoms with Gasteiger partial charge in [-0.05, 0) is 97.3 Å². The molecule has 2 aliphatic rings. The molecular formula is C35H43BrFN3O3. The number of rotatable bonds is 13. The van der Waals surface area contributed by atoms with Crippen LogP contribution in [0.3, 0.4) is 0 Å². The molecule has 2 aromatic carbocycles. The number of dihydropyridines is 1. The molecule has 6 nitrogen and oxygen atoms in total.